The Morgan fingerprint density at radius 1 is 0.968 bits per heavy atom. The zero-order valence-electron chi connectivity index (χ0n) is 17.9. The van der Waals surface area contributed by atoms with Gasteiger partial charge < -0.3 is 0 Å². The van der Waals surface area contributed by atoms with E-state index in [2.05, 4.69) is 42.6 Å². The van der Waals surface area contributed by atoms with Gasteiger partial charge in [-0.05, 0) is 117 Å². The molecule has 1 saturated heterocycles. The van der Waals surface area contributed by atoms with Gasteiger partial charge in [0.1, 0.15) is 17.2 Å². The van der Waals surface area contributed by atoms with Gasteiger partial charge in [-0.25, -0.2) is 8.78 Å². The summed E-state index contributed by atoms with van der Waals surface area (Å²) in [4.78, 5) is 0. The first-order valence-electron chi connectivity index (χ1n) is 11.2. The standard InChI is InChI=1S/C24H31ClF4S2/c1-2-3-4-5-17-14-30-22(31-15-17)11-8-16-6-9-18(10-7-16)19-12-20(26)23(21(27)13-19)24(25,28)29/h2-3,12-13,16-18,22H,4-11,14-15H2,1H3/b3-2+. The fraction of sp³-hybridized carbons (Fsp3) is 0.667. The molecule has 0 unspecified atom stereocenters. The van der Waals surface area contributed by atoms with Crippen LogP contribution in [0.5, 0.6) is 0 Å². The molecule has 0 spiro atoms. The minimum absolute atomic E-state index is 0.0228. The van der Waals surface area contributed by atoms with E-state index < -0.39 is 22.6 Å². The van der Waals surface area contributed by atoms with Crippen LogP contribution in [-0.2, 0) is 5.38 Å². The zero-order valence-corrected chi connectivity index (χ0v) is 20.3. The third-order valence-corrected chi connectivity index (χ3v) is 10.0. The second-order valence-electron chi connectivity index (χ2n) is 8.76. The number of hydrogen-bond donors (Lipinski definition) is 0. The van der Waals surface area contributed by atoms with E-state index in [0.717, 1.165) is 43.7 Å². The van der Waals surface area contributed by atoms with Crippen LogP contribution in [0.15, 0.2) is 24.3 Å². The van der Waals surface area contributed by atoms with Crippen LogP contribution in [0.3, 0.4) is 0 Å². The lowest BCUT2D eigenvalue weighted by Crippen LogP contribution is -2.19. The normalized spacial score (nSPS) is 27.7. The number of rotatable bonds is 8. The SMILES string of the molecule is C/C=C/CCC1CSC(CCC2CCC(c3cc(F)c(C(F)(F)Cl)c(F)c3)CC2)SC1. The van der Waals surface area contributed by atoms with Gasteiger partial charge in [0, 0.05) is 0 Å². The molecular weight excluding hydrogens is 464 g/mol. The Kier molecular flexibility index (Phi) is 9.54. The summed E-state index contributed by atoms with van der Waals surface area (Å²) in [7, 11) is 0. The molecule has 1 aromatic rings. The molecule has 3 rings (SSSR count). The molecule has 31 heavy (non-hydrogen) atoms. The summed E-state index contributed by atoms with van der Waals surface area (Å²) >= 11 is 9.05. The van der Waals surface area contributed by atoms with E-state index in [4.69, 9.17) is 11.6 Å². The highest BCUT2D eigenvalue weighted by Crippen LogP contribution is 2.43. The molecule has 0 radical (unpaired) electrons. The van der Waals surface area contributed by atoms with Gasteiger partial charge in [-0.1, -0.05) is 12.2 Å². The Labute approximate surface area is 197 Å². The number of allylic oxidation sites excluding steroid dienone is 2. The topological polar surface area (TPSA) is 0 Å². The summed E-state index contributed by atoms with van der Waals surface area (Å²) in [6.07, 6.45) is 13.0. The second kappa shape index (κ2) is 11.7. The first-order valence-corrected chi connectivity index (χ1v) is 13.7. The van der Waals surface area contributed by atoms with Gasteiger partial charge in [0.25, 0.3) is 0 Å². The second-order valence-corrected chi connectivity index (χ2v) is 12.0. The lowest BCUT2D eigenvalue weighted by atomic mass is 9.77. The smallest absolute Gasteiger partial charge is 0.206 e. The third kappa shape index (κ3) is 7.33. The minimum atomic E-state index is -4.04. The summed E-state index contributed by atoms with van der Waals surface area (Å²) in [6, 6.07) is 2.09. The molecule has 1 aliphatic carbocycles. The fourth-order valence-electron chi connectivity index (χ4n) is 4.67. The molecule has 1 saturated carbocycles. The molecule has 174 valence electrons. The highest BCUT2D eigenvalue weighted by Gasteiger charge is 2.36. The number of alkyl halides is 3. The lowest BCUT2D eigenvalue weighted by Gasteiger charge is -2.32. The van der Waals surface area contributed by atoms with Gasteiger partial charge in [-0.3, -0.25) is 0 Å². The van der Waals surface area contributed by atoms with Crippen LogP contribution in [0.1, 0.15) is 75.3 Å². The van der Waals surface area contributed by atoms with Crippen LogP contribution in [0.4, 0.5) is 17.6 Å². The Morgan fingerprint density at radius 3 is 2.13 bits per heavy atom. The van der Waals surface area contributed by atoms with Crippen molar-refractivity contribution in [3.05, 3.63) is 47.0 Å². The molecule has 1 aliphatic heterocycles. The largest absolute Gasteiger partial charge is 0.353 e. The molecule has 0 N–H and O–H groups in total. The van der Waals surface area contributed by atoms with Crippen molar-refractivity contribution in [1.82, 2.24) is 0 Å². The summed E-state index contributed by atoms with van der Waals surface area (Å²) < 4.78 is 55.2. The minimum Gasteiger partial charge on any atom is -0.206 e. The van der Waals surface area contributed by atoms with Crippen molar-refractivity contribution in [2.24, 2.45) is 11.8 Å². The number of thioether (sulfide) groups is 2. The average molecular weight is 495 g/mol. The number of benzene rings is 1. The van der Waals surface area contributed by atoms with Gasteiger partial charge in [-0.15, -0.1) is 23.5 Å². The Morgan fingerprint density at radius 2 is 1.58 bits per heavy atom. The zero-order chi connectivity index (χ0) is 22.4. The summed E-state index contributed by atoms with van der Waals surface area (Å²) in [5.41, 5.74) is -0.876. The maximum Gasteiger partial charge on any atom is 0.353 e. The van der Waals surface area contributed by atoms with E-state index in [9.17, 15) is 17.6 Å². The van der Waals surface area contributed by atoms with Crippen LogP contribution in [-0.4, -0.2) is 16.1 Å². The molecule has 2 aliphatic rings. The molecular formula is C24H31ClF4S2. The maximum atomic E-state index is 14.1. The van der Waals surface area contributed by atoms with Gasteiger partial charge in [0.05, 0.1) is 4.58 Å². The number of halogens is 5. The van der Waals surface area contributed by atoms with E-state index in [0.29, 0.717) is 16.1 Å². The van der Waals surface area contributed by atoms with Crippen molar-refractivity contribution in [2.75, 3.05) is 11.5 Å². The monoisotopic (exact) mass is 494 g/mol. The quantitative estimate of drug-likeness (QED) is 0.201. The van der Waals surface area contributed by atoms with Crippen LogP contribution < -0.4 is 0 Å². The first-order chi connectivity index (χ1) is 14.8. The molecule has 2 fully saturated rings. The highest BCUT2D eigenvalue weighted by molar-refractivity contribution is 8.17. The lowest BCUT2D eigenvalue weighted by molar-refractivity contribution is 0.0857. The van der Waals surface area contributed by atoms with Gasteiger partial charge >= 0.3 is 5.38 Å². The van der Waals surface area contributed by atoms with E-state index in [1.807, 2.05) is 0 Å². The fourth-order valence-corrected chi connectivity index (χ4v) is 8.00. The Hall–Kier alpha value is -0.330. The third-order valence-electron chi connectivity index (χ3n) is 6.49. The molecule has 0 amide bonds. The van der Waals surface area contributed by atoms with Crippen molar-refractivity contribution in [1.29, 1.82) is 0 Å². The van der Waals surface area contributed by atoms with Crippen LogP contribution >= 0.6 is 35.1 Å². The van der Waals surface area contributed by atoms with Crippen molar-refractivity contribution >= 4 is 35.1 Å². The summed E-state index contributed by atoms with van der Waals surface area (Å²) in [5.74, 6) is 1.50. The van der Waals surface area contributed by atoms with Crippen LogP contribution in [0.2, 0.25) is 0 Å². The molecule has 1 aromatic carbocycles. The van der Waals surface area contributed by atoms with Crippen molar-refractivity contribution in [3.63, 3.8) is 0 Å². The molecule has 0 nitrogen and oxygen atoms in total. The molecule has 1 heterocycles. The molecule has 7 heteroatoms. The maximum absolute atomic E-state index is 14.1. The van der Waals surface area contributed by atoms with Gasteiger partial charge in [0.2, 0.25) is 0 Å². The molecule has 0 aromatic heterocycles. The number of hydrogen-bond acceptors (Lipinski definition) is 2. The summed E-state index contributed by atoms with van der Waals surface area (Å²) in [5, 5.41) is -4.04. The average Bonchev–Trinajstić information content (AvgIpc) is 2.72. The van der Waals surface area contributed by atoms with Crippen molar-refractivity contribution in [3.8, 4) is 0 Å². The van der Waals surface area contributed by atoms with Crippen LogP contribution in [0.25, 0.3) is 0 Å². The van der Waals surface area contributed by atoms with Gasteiger partial charge in [-0.2, -0.15) is 8.78 Å². The summed E-state index contributed by atoms with van der Waals surface area (Å²) in [6.45, 7) is 2.07. The predicted molar refractivity (Wildman–Crippen MR) is 126 cm³/mol. The Bertz CT molecular complexity index is 711. The predicted octanol–water partition coefficient (Wildman–Crippen LogP) is 9.09. The van der Waals surface area contributed by atoms with Crippen molar-refractivity contribution < 1.29 is 17.6 Å². The van der Waals surface area contributed by atoms with Gasteiger partial charge in [0.15, 0.2) is 0 Å². The van der Waals surface area contributed by atoms with E-state index in [1.54, 1.807) is 0 Å². The highest BCUT2D eigenvalue weighted by atomic mass is 35.5. The van der Waals surface area contributed by atoms with E-state index >= 15 is 0 Å². The van der Waals surface area contributed by atoms with Crippen LogP contribution in [0, 0.1) is 23.5 Å². The molecule has 0 atom stereocenters. The Balaban J connectivity index is 1.42. The van der Waals surface area contributed by atoms with E-state index in [1.165, 1.54) is 37.2 Å². The van der Waals surface area contributed by atoms with E-state index in [-0.39, 0.29) is 5.92 Å². The van der Waals surface area contributed by atoms with Crippen molar-refractivity contribution in [2.45, 2.75) is 74.2 Å². The molecule has 0 bridgehead atoms. The first kappa shape index (κ1) is 25.3.